The van der Waals surface area contributed by atoms with E-state index in [1.807, 2.05) is 6.07 Å². The van der Waals surface area contributed by atoms with Crippen LogP contribution in [0.2, 0.25) is 5.15 Å². The van der Waals surface area contributed by atoms with Gasteiger partial charge in [0.2, 0.25) is 0 Å². The lowest BCUT2D eigenvalue weighted by Gasteiger charge is -2.04. The number of hydrogen-bond donors (Lipinski definition) is 0. The lowest BCUT2D eigenvalue weighted by Crippen LogP contribution is -2.01. The Bertz CT molecular complexity index is 449. The van der Waals surface area contributed by atoms with Gasteiger partial charge in [0.05, 0.1) is 0 Å². The molecule has 0 aliphatic carbocycles. The predicted molar refractivity (Wildman–Crippen MR) is 54.3 cm³/mol. The molecule has 0 unspecified atom stereocenters. The summed E-state index contributed by atoms with van der Waals surface area (Å²) >= 11 is 6.01. The third-order valence-corrected chi connectivity index (χ3v) is 2.15. The first-order valence-corrected chi connectivity index (χ1v) is 4.90. The van der Waals surface area contributed by atoms with Crippen molar-refractivity contribution in [2.45, 2.75) is 20.3 Å². The molecule has 74 valence electrons. The standard InChI is InChI=1S/C9H11ClN4/c1-6(2)3-7-4-8(10)14-9(13-7)11-5-12-14/h4-6H,3H2,1-2H3. The highest BCUT2D eigenvalue weighted by Gasteiger charge is 2.06. The van der Waals surface area contributed by atoms with Crippen molar-refractivity contribution in [3.8, 4) is 0 Å². The Balaban J connectivity index is 2.47. The molecule has 0 saturated heterocycles. The van der Waals surface area contributed by atoms with E-state index < -0.39 is 0 Å². The number of fused-ring (bicyclic) bond motifs is 1. The van der Waals surface area contributed by atoms with Crippen LogP contribution < -0.4 is 0 Å². The molecular weight excluding hydrogens is 200 g/mol. The average Bonchev–Trinajstić information content (AvgIpc) is 2.50. The maximum Gasteiger partial charge on any atom is 0.253 e. The van der Waals surface area contributed by atoms with Gasteiger partial charge in [-0.15, -0.1) is 0 Å². The number of halogens is 1. The Morgan fingerprint density at radius 1 is 1.50 bits per heavy atom. The predicted octanol–water partition coefficient (Wildman–Crippen LogP) is 1.98. The molecule has 14 heavy (non-hydrogen) atoms. The van der Waals surface area contributed by atoms with Gasteiger partial charge in [-0.25, -0.2) is 4.98 Å². The van der Waals surface area contributed by atoms with Crippen LogP contribution in [-0.2, 0) is 6.42 Å². The summed E-state index contributed by atoms with van der Waals surface area (Å²) in [6.45, 7) is 4.28. The van der Waals surface area contributed by atoms with E-state index >= 15 is 0 Å². The Morgan fingerprint density at radius 3 is 3.00 bits per heavy atom. The van der Waals surface area contributed by atoms with E-state index in [2.05, 4.69) is 28.9 Å². The normalized spacial score (nSPS) is 11.4. The maximum absolute atomic E-state index is 6.01. The van der Waals surface area contributed by atoms with Gasteiger partial charge >= 0.3 is 0 Å². The van der Waals surface area contributed by atoms with Gasteiger partial charge in [-0.3, -0.25) is 0 Å². The summed E-state index contributed by atoms with van der Waals surface area (Å²) in [4.78, 5) is 8.34. The maximum atomic E-state index is 6.01. The van der Waals surface area contributed by atoms with E-state index in [1.54, 1.807) is 0 Å². The zero-order chi connectivity index (χ0) is 10.1. The van der Waals surface area contributed by atoms with Crippen molar-refractivity contribution in [2.75, 3.05) is 0 Å². The second kappa shape index (κ2) is 3.53. The summed E-state index contributed by atoms with van der Waals surface area (Å²) in [6, 6.07) is 1.84. The molecule has 0 amide bonds. The van der Waals surface area contributed by atoms with Crippen LogP contribution in [0.15, 0.2) is 12.4 Å². The number of aromatic nitrogens is 4. The molecule has 5 heteroatoms. The van der Waals surface area contributed by atoms with Crippen molar-refractivity contribution in [3.05, 3.63) is 23.2 Å². The molecule has 2 aromatic heterocycles. The lowest BCUT2D eigenvalue weighted by atomic mass is 10.1. The molecule has 0 aromatic carbocycles. The first kappa shape index (κ1) is 9.40. The third kappa shape index (κ3) is 1.70. The number of hydrogen-bond acceptors (Lipinski definition) is 3. The molecule has 0 aliphatic rings. The second-order valence-electron chi connectivity index (χ2n) is 3.64. The molecule has 0 N–H and O–H groups in total. The molecule has 2 heterocycles. The van der Waals surface area contributed by atoms with Crippen LogP contribution in [-0.4, -0.2) is 19.6 Å². The molecule has 2 rings (SSSR count). The lowest BCUT2D eigenvalue weighted by molar-refractivity contribution is 0.634. The summed E-state index contributed by atoms with van der Waals surface area (Å²) in [7, 11) is 0. The van der Waals surface area contributed by atoms with Crippen molar-refractivity contribution < 1.29 is 0 Å². The van der Waals surface area contributed by atoms with Crippen LogP contribution in [0.5, 0.6) is 0 Å². The molecule has 0 radical (unpaired) electrons. The molecule has 0 fully saturated rings. The zero-order valence-electron chi connectivity index (χ0n) is 8.11. The number of rotatable bonds is 2. The van der Waals surface area contributed by atoms with Gasteiger partial charge in [0.25, 0.3) is 5.78 Å². The van der Waals surface area contributed by atoms with E-state index in [0.29, 0.717) is 16.8 Å². The zero-order valence-corrected chi connectivity index (χ0v) is 8.86. The van der Waals surface area contributed by atoms with Crippen molar-refractivity contribution in [1.82, 2.24) is 19.6 Å². The fourth-order valence-electron chi connectivity index (χ4n) is 1.34. The summed E-state index contributed by atoms with van der Waals surface area (Å²) in [5.74, 6) is 1.12. The van der Waals surface area contributed by atoms with Crippen LogP contribution in [0, 0.1) is 5.92 Å². The fraction of sp³-hybridized carbons (Fsp3) is 0.444. The Labute approximate surface area is 86.9 Å². The van der Waals surface area contributed by atoms with E-state index in [1.165, 1.54) is 10.8 Å². The van der Waals surface area contributed by atoms with Crippen LogP contribution >= 0.6 is 11.6 Å². The molecule has 0 spiro atoms. The Hall–Kier alpha value is -1.16. The van der Waals surface area contributed by atoms with Crippen molar-refractivity contribution in [1.29, 1.82) is 0 Å². The SMILES string of the molecule is CC(C)Cc1cc(Cl)n2ncnc2n1. The minimum atomic E-state index is 0.558. The topological polar surface area (TPSA) is 43.1 Å². The van der Waals surface area contributed by atoms with Gasteiger partial charge in [0.15, 0.2) is 0 Å². The highest BCUT2D eigenvalue weighted by molar-refractivity contribution is 6.29. The smallest absolute Gasteiger partial charge is 0.216 e. The van der Waals surface area contributed by atoms with Gasteiger partial charge in [-0.1, -0.05) is 25.4 Å². The monoisotopic (exact) mass is 210 g/mol. The summed E-state index contributed by atoms with van der Waals surface area (Å²) in [6.07, 6.45) is 2.36. The fourth-order valence-corrected chi connectivity index (χ4v) is 1.59. The first-order chi connectivity index (χ1) is 6.66. The minimum Gasteiger partial charge on any atom is -0.216 e. The van der Waals surface area contributed by atoms with E-state index in [9.17, 15) is 0 Å². The first-order valence-electron chi connectivity index (χ1n) is 4.52. The Morgan fingerprint density at radius 2 is 2.29 bits per heavy atom. The van der Waals surface area contributed by atoms with E-state index in [0.717, 1.165) is 12.1 Å². The van der Waals surface area contributed by atoms with E-state index in [-0.39, 0.29) is 0 Å². The van der Waals surface area contributed by atoms with Crippen LogP contribution in [0.3, 0.4) is 0 Å². The molecular formula is C9H11ClN4. The Kier molecular flexibility index (Phi) is 2.37. The quantitative estimate of drug-likeness (QED) is 0.712. The van der Waals surface area contributed by atoms with Gasteiger partial charge in [0.1, 0.15) is 11.5 Å². The highest BCUT2D eigenvalue weighted by atomic mass is 35.5. The van der Waals surface area contributed by atoms with Crippen LogP contribution in [0.25, 0.3) is 5.78 Å². The summed E-state index contributed by atoms with van der Waals surface area (Å²) in [5.41, 5.74) is 0.963. The summed E-state index contributed by atoms with van der Waals surface area (Å²) in [5, 5.41) is 4.51. The van der Waals surface area contributed by atoms with Crippen molar-refractivity contribution >= 4 is 17.4 Å². The third-order valence-electron chi connectivity index (χ3n) is 1.88. The van der Waals surface area contributed by atoms with Gasteiger partial charge in [-0.2, -0.15) is 14.6 Å². The number of nitrogens with zero attached hydrogens (tertiary/aromatic N) is 4. The minimum absolute atomic E-state index is 0.558. The van der Waals surface area contributed by atoms with Gasteiger partial charge in [0, 0.05) is 5.69 Å². The van der Waals surface area contributed by atoms with E-state index in [4.69, 9.17) is 11.6 Å². The highest BCUT2D eigenvalue weighted by Crippen LogP contribution is 2.13. The van der Waals surface area contributed by atoms with Gasteiger partial charge in [-0.05, 0) is 18.4 Å². The van der Waals surface area contributed by atoms with Crippen molar-refractivity contribution in [3.63, 3.8) is 0 Å². The molecule has 0 saturated carbocycles. The van der Waals surface area contributed by atoms with Crippen molar-refractivity contribution in [2.24, 2.45) is 5.92 Å². The molecule has 0 atom stereocenters. The van der Waals surface area contributed by atoms with Crippen LogP contribution in [0.1, 0.15) is 19.5 Å². The van der Waals surface area contributed by atoms with Gasteiger partial charge < -0.3 is 0 Å². The average molecular weight is 211 g/mol. The van der Waals surface area contributed by atoms with Crippen LogP contribution in [0.4, 0.5) is 0 Å². The molecule has 4 nitrogen and oxygen atoms in total. The second-order valence-corrected chi connectivity index (χ2v) is 4.03. The molecule has 2 aromatic rings. The summed E-state index contributed by atoms with van der Waals surface area (Å²) < 4.78 is 1.52. The molecule has 0 aliphatic heterocycles. The molecule has 0 bridgehead atoms. The largest absolute Gasteiger partial charge is 0.253 e.